The molecule has 2 aromatic heterocycles. The molecule has 220 valence electrons. The summed E-state index contributed by atoms with van der Waals surface area (Å²) < 4.78 is 26.1. The van der Waals surface area contributed by atoms with E-state index in [1.54, 1.807) is 42.6 Å². The van der Waals surface area contributed by atoms with E-state index in [-0.39, 0.29) is 37.9 Å². The van der Waals surface area contributed by atoms with Crippen LogP contribution in [0.1, 0.15) is 55.2 Å². The Morgan fingerprint density at radius 2 is 1.74 bits per heavy atom. The van der Waals surface area contributed by atoms with E-state index < -0.39 is 24.1 Å². The van der Waals surface area contributed by atoms with Crippen LogP contribution in [0.15, 0.2) is 79.1 Å². The van der Waals surface area contributed by atoms with Crippen LogP contribution in [0.5, 0.6) is 0 Å². The highest BCUT2D eigenvalue weighted by atomic mass is 19.1. The third kappa shape index (κ3) is 7.90. The number of rotatable bonds is 13. The Morgan fingerprint density at radius 1 is 1.00 bits per heavy atom. The predicted octanol–water partition coefficient (Wildman–Crippen LogP) is 5.73. The zero-order valence-corrected chi connectivity index (χ0v) is 23.7. The molecule has 0 radical (unpaired) electrons. The molecule has 2 N–H and O–H groups in total. The van der Waals surface area contributed by atoms with Crippen LogP contribution >= 0.6 is 0 Å². The number of carbonyl (C=O) groups is 2. The summed E-state index contributed by atoms with van der Waals surface area (Å²) in [6.07, 6.45) is 4.16. The molecule has 0 saturated carbocycles. The molecule has 0 saturated heterocycles. The van der Waals surface area contributed by atoms with Crippen LogP contribution in [0.2, 0.25) is 0 Å². The molecule has 0 amide bonds. The van der Waals surface area contributed by atoms with Crippen LogP contribution in [-0.2, 0) is 14.3 Å². The molecule has 42 heavy (non-hydrogen) atoms. The quantitative estimate of drug-likeness (QED) is 0.155. The Morgan fingerprint density at radius 3 is 2.45 bits per heavy atom. The lowest BCUT2D eigenvalue weighted by Gasteiger charge is -2.15. The van der Waals surface area contributed by atoms with Gasteiger partial charge in [-0.3, -0.25) is 9.78 Å². The molecule has 2 heterocycles. The minimum atomic E-state index is -1.12. The number of hydrogen-bond acceptors (Lipinski definition) is 7. The van der Waals surface area contributed by atoms with Crippen molar-refractivity contribution in [2.75, 3.05) is 13.2 Å². The van der Waals surface area contributed by atoms with Gasteiger partial charge in [-0.25, -0.2) is 9.18 Å². The van der Waals surface area contributed by atoms with Gasteiger partial charge in [0.1, 0.15) is 5.82 Å². The Bertz CT molecular complexity index is 1520. The van der Waals surface area contributed by atoms with Crippen LogP contribution in [0.3, 0.4) is 0 Å². The molecule has 0 aliphatic carbocycles. The number of aliphatic hydroxyl groups is 2. The van der Waals surface area contributed by atoms with Gasteiger partial charge >= 0.3 is 11.9 Å². The summed E-state index contributed by atoms with van der Waals surface area (Å²) in [4.78, 5) is 27.9. The third-order valence-corrected chi connectivity index (χ3v) is 6.67. The molecule has 4 rings (SSSR count). The fourth-order valence-corrected chi connectivity index (χ4v) is 4.79. The Labute approximate surface area is 244 Å². The highest BCUT2D eigenvalue weighted by molar-refractivity contribution is 6.01. The second-order valence-corrected chi connectivity index (χ2v) is 10.2. The Balaban J connectivity index is 1.33. The van der Waals surface area contributed by atoms with Crippen molar-refractivity contribution in [1.29, 1.82) is 0 Å². The number of halogens is 1. The number of benzene rings is 2. The maximum Gasteiger partial charge on any atom is 0.339 e. The average Bonchev–Trinajstić information content (AvgIpc) is 3.31. The van der Waals surface area contributed by atoms with Gasteiger partial charge in [-0.1, -0.05) is 36.4 Å². The zero-order chi connectivity index (χ0) is 30.1. The summed E-state index contributed by atoms with van der Waals surface area (Å²) in [5.74, 6) is -1.45. The average molecular weight is 575 g/mol. The van der Waals surface area contributed by atoms with Gasteiger partial charge in [0.15, 0.2) is 0 Å². The van der Waals surface area contributed by atoms with E-state index in [1.807, 2.05) is 24.3 Å². The molecule has 4 aromatic rings. The SMILES string of the molecule is CC(C)n1c(/C=C/[C@@H](O)C[C@@H](O)CC(=O)OCCCOC(=O)c2cccnc2)c(-c2ccc(F)cc2)c2ccccc21. The maximum atomic E-state index is 13.7. The number of nitrogens with zero attached hydrogens (tertiary/aromatic N) is 2. The van der Waals surface area contributed by atoms with Crippen molar-refractivity contribution in [3.8, 4) is 11.1 Å². The number of aliphatic hydroxyl groups excluding tert-OH is 2. The van der Waals surface area contributed by atoms with E-state index in [0.717, 1.165) is 27.7 Å². The van der Waals surface area contributed by atoms with Gasteiger partial charge in [0.05, 0.1) is 37.4 Å². The van der Waals surface area contributed by atoms with E-state index in [9.17, 15) is 24.2 Å². The molecule has 2 atom stereocenters. The summed E-state index contributed by atoms with van der Waals surface area (Å²) in [5, 5.41) is 22.1. The first kappa shape index (κ1) is 30.6. The molecule has 0 spiro atoms. The first-order valence-electron chi connectivity index (χ1n) is 13.9. The molecule has 0 bridgehead atoms. The molecule has 0 fully saturated rings. The van der Waals surface area contributed by atoms with Gasteiger partial charge in [0.2, 0.25) is 0 Å². The summed E-state index contributed by atoms with van der Waals surface area (Å²) in [7, 11) is 0. The normalized spacial score (nSPS) is 13.0. The number of pyridine rings is 1. The highest BCUT2D eigenvalue weighted by Crippen LogP contribution is 2.38. The van der Waals surface area contributed by atoms with Gasteiger partial charge in [-0.2, -0.15) is 0 Å². The van der Waals surface area contributed by atoms with Crippen molar-refractivity contribution in [3.63, 3.8) is 0 Å². The van der Waals surface area contributed by atoms with Gasteiger partial charge in [0, 0.05) is 53.4 Å². The van der Waals surface area contributed by atoms with Crippen LogP contribution < -0.4 is 0 Å². The van der Waals surface area contributed by atoms with Crippen LogP contribution in [0.4, 0.5) is 4.39 Å². The van der Waals surface area contributed by atoms with Crippen molar-refractivity contribution in [3.05, 3.63) is 96.2 Å². The fourth-order valence-electron chi connectivity index (χ4n) is 4.79. The van der Waals surface area contributed by atoms with E-state index >= 15 is 0 Å². The molecule has 0 aliphatic heterocycles. The largest absolute Gasteiger partial charge is 0.465 e. The second kappa shape index (κ2) is 14.5. The smallest absolute Gasteiger partial charge is 0.339 e. The molecule has 0 aliphatic rings. The molecule has 0 unspecified atom stereocenters. The topological polar surface area (TPSA) is 111 Å². The van der Waals surface area contributed by atoms with Crippen molar-refractivity contribution >= 4 is 28.9 Å². The van der Waals surface area contributed by atoms with Crippen LogP contribution in [0.25, 0.3) is 28.1 Å². The minimum absolute atomic E-state index is 0.0280. The zero-order valence-electron chi connectivity index (χ0n) is 23.7. The molecular weight excluding hydrogens is 539 g/mol. The van der Waals surface area contributed by atoms with E-state index in [0.29, 0.717) is 12.0 Å². The maximum absolute atomic E-state index is 13.7. The van der Waals surface area contributed by atoms with Crippen LogP contribution in [0, 0.1) is 5.82 Å². The van der Waals surface area contributed by atoms with Crippen LogP contribution in [-0.4, -0.2) is 57.1 Å². The van der Waals surface area contributed by atoms with Crippen molar-refractivity contribution < 1.29 is 33.7 Å². The lowest BCUT2D eigenvalue weighted by atomic mass is 10.0. The first-order chi connectivity index (χ1) is 20.2. The lowest BCUT2D eigenvalue weighted by Crippen LogP contribution is -2.21. The monoisotopic (exact) mass is 574 g/mol. The first-order valence-corrected chi connectivity index (χ1v) is 13.9. The minimum Gasteiger partial charge on any atom is -0.465 e. The number of hydrogen-bond donors (Lipinski definition) is 2. The second-order valence-electron chi connectivity index (χ2n) is 10.2. The van der Waals surface area contributed by atoms with Gasteiger partial charge in [-0.05, 0) is 55.8 Å². The van der Waals surface area contributed by atoms with E-state index in [1.165, 1.54) is 18.3 Å². The number of aromatic nitrogens is 2. The Hall–Kier alpha value is -4.34. The summed E-state index contributed by atoms with van der Waals surface area (Å²) in [5.41, 5.74) is 3.95. The summed E-state index contributed by atoms with van der Waals surface area (Å²) in [6.45, 7) is 4.23. The van der Waals surface area contributed by atoms with Gasteiger partial charge in [-0.15, -0.1) is 0 Å². The number of fused-ring (bicyclic) bond motifs is 1. The molecule has 8 nitrogen and oxygen atoms in total. The number of ether oxygens (including phenoxy) is 2. The Kier molecular flexibility index (Phi) is 10.6. The fraction of sp³-hybridized carbons (Fsp3) is 0.303. The predicted molar refractivity (Wildman–Crippen MR) is 158 cm³/mol. The van der Waals surface area contributed by atoms with Crippen molar-refractivity contribution in [1.82, 2.24) is 9.55 Å². The summed E-state index contributed by atoms with van der Waals surface area (Å²) >= 11 is 0. The number of esters is 2. The third-order valence-electron chi connectivity index (χ3n) is 6.67. The lowest BCUT2D eigenvalue weighted by molar-refractivity contribution is -0.146. The molecule has 2 aromatic carbocycles. The van der Waals surface area contributed by atoms with Crippen molar-refractivity contribution in [2.45, 2.75) is 51.4 Å². The number of carbonyl (C=O) groups excluding carboxylic acids is 2. The highest BCUT2D eigenvalue weighted by Gasteiger charge is 2.20. The van der Waals surface area contributed by atoms with Gasteiger partial charge < -0.3 is 24.3 Å². The van der Waals surface area contributed by atoms with E-state index in [4.69, 9.17) is 9.47 Å². The van der Waals surface area contributed by atoms with Gasteiger partial charge in [0.25, 0.3) is 0 Å². The summed E-state index contributed by atoms with van der Waals surface area (Å²) in [6, 6.07) is 17.6. The number of para-hydroxylation sites is 1. The van der Waals surface area contributed by atoms with Crippen molar-refractivity contribution in [2.24, 2.45) is 0 Å². The van der Waals surface area contributed by atoms with E-state index in [2.05, 4.69) is 23.4 Å². The standard InChI is InChI=1S/C33H35FN2O6/c1-22(2)36-29-9-4-3-8-28(29)32(23-10-12-25(34)13-11-23)30(36)15-14-26(37)19-27(38)20-31(39)41-17-6-18-42-33(40)24-7-5-16-35-21-24/h3-5,7-16,21-22,26-27,37-38H,6,17-20H2,1-2H3/b15-14+/t26-,27-/m1/s1. The molecule has 9 heteroatoms. The molecular formula is C33H35FN2O6.